The predicted molar refractivity (Wildman–Crippen MR) is 171 cm³/mol. The number of rotatable bonds is 5. The standard InChI is InChI=1S/C36H41ClN4O2/c1-22-14-24-16-25(15-22)18-27(17-24)32-28-10-13-41(30-9-4-7-26-6-3-8-29(37)31(26)30)34(42)33(28)39-35(38-32)43-21-36-11-5-12-40(36)20-23(2)19-36/h3-4,6-9,23-25,27H,1,5,10-21H2,2H3/t23-,24?,25?,27?,36-/m0/s1. The van der Waals surface area contributed by atoms with Gasteiger partial charge in [-0.3, -0.25) is 9.69 Å². The Balaban J connectivity index is 1.17. The van der Waals surface area contributed by atoms with Crippen LogP contribution in [0.25, 0.3) is 10.8 Å². The molecule has 2 bridgehead atoms. The Bertz CT molecular complexity index is 1600. The average molecular weight is 597 g/mol. The number of carbonyl (C=O) groups is 1. The fourth-order valence-corrected chi connectivity index (χ4v) is 9.81. The number of nitrogens with zero attached hydrogens (tertiary/aromatic N) is 4. The second kappa shape index (κ2) is 10.6. The van der Waals surface area contributed by atoms with Crippen molar-refractivity contribution in [1.82, 2.24) is 14.9 Å². The molecule has 2 aromatic carbocycles. The van der Waals surface area contributed by atoms with Crippen molar-refractivity contribution in [3.05, 3.63) is 70.5 Å². The lowest BCUT2D eigenvalue weighted by Crippen LogP contribution is -2.44. The van der Waals surface area contributed by atoms with Crippen molar-refractivity contribution in [3.63, 3.8) is 0 Å². The van der Waals surface area contributed by atoms with E-state index < -0.39 is 0 Å². The normalized spacial score (nSPS) is 30.5. The number of hydrogen-bond acceptors (Lipinski definition) is 5. The minimum Gasteiger partial charge on any atom is -0.461 e. The Morgan fingerprint density at radius 2 is 1.86 bits per heavy atom. The van der Waals surface area contributed by atoms with E-state index >= 15 is 0 Å². The van der Waals surface area contributed by atoms with Crippen molar-refractivity contribution in [2.75, 3.05) is 31.1 Å². The second-order valence-electron chi connectivity index (χ2n) is 14.2. The van der Waals surface area contributed by atoms with Gasteiger partial charge in [-0.15, -0.1) is 0 Å². The van der Waals surface area contributed by atoms with E-state index in [1.807, 2.05) is 41.3 Å². The molecule has 1 amide bonds. The molecule has 5 aliphatic rings. The molecule has 3 aliphatic heterocycles. The number of benzene rings is 2. The maximum absolute atomic E-state index is 14.4. The van der Waals surface area contributed by atoms with Crippen molar-refractivity contribution in [2.45, 2.75) is 76.2 Å². The van der Waals surface area contributed by atoms with Crippen LogP contribution in [0.15, 0.2) is 48.6 Å². The largest absolute Gasteiger partial charge is 0.461 e. The van der Waals surface area contributed by atoms with Gasteiger partial charge < -0.3 is 9.64 Å². The summed E-state index contributed by atoms with van der Waals surface area (Å²) in [5.41, 5.74) is 4.91. The predicted octanol–water partition coefficient (Wildman–Crippen LogP) is 7.59. The van der Waals surface area contributed by atoms with Crippen molar-refractivity contribution >= 4 is 34.0 Å². The number of amides is 1. The van der Waals surface area contributed by atoms with E-state index in [9.17, 15) is 4.79 Å². The van der Waals surface area contributed by atoms with E-state index in [2.05, 4.69) is 18.4 Å². The molecular weight excluding hydrogens is 556 g/mol. The molecular formula is C36H41ClN4O2. The summed E-state index contributed by atoms with van der Waals surface area (Å²) in [4.78, 5) is 29.0. The molecule has 4 heterocycles. The van der Waals surface area contributed by atoms with Crippen LogP contribution < -0.4 is 9.64 Å². The van der Waals surface area contributed by atoms with Gasteiger partial charge in [0.1, 0.15) is 12.3 Å². The Labute approximate surface area is 259 Å². The van der Waals surface area contributed by atoms with Gasteiger partial charge in [0.25, 0.3) is 5.91 Å². The molecule has 4 atom stereocenters. The van der Waals surface area contributed by atoms with Gasteiger partial charge in [-0.25, -0.2) is 0 Å². The average Bonchev–Trinajstić information content (AvgIpc) is 3.51. The molecule has 2 saturated carbocycles. The summed E-state index contributed by atoms with van der Waals surface area (Å²) in [5.74, 6) is 2.22. The van der Waals surface area contributed by atoms with Gasteiger partial charge in [-0.05, 0) is 99.6 Å². The Morgan fingerprint density at radius 3 is 2.67 bits per heavy atom. The second-order valence-corrected chi connectivity index (χ2v) is 14.6. The highest BCUT2D eigenvalue weighted by Crippen LogP contribution is 2.49. The number of anilines is 1. The molecule has 43 heavy (non-hydrogen) atoms. The molecule has 6 nitrogen and oxygen atoms in total. The lowest BCUT2D eigenvalue weighted by Gasteiger charge is -2.41. The van der Waals surface area contributed by atoms with E-state index in [1.165, 1.54) is 18.4 Å². The zero-order valence-corrected chi connectivity index (χ0v) is 25.9. The minimum absolute atomic E-state index is 0.0663. The summed E-state index contributed by atoms with van der Waals surface area (Å²) < 4.78 is 6.56. The van der Waals surface area contributed by atoms with Crippen LogP contribution in [0, 0.1) is 17.8 Å². The number of carbonyl (C=O) groups excluding carboxylic acids is 1. The van der Waals surface area contributed by atoms with Crippen molar-refractivity contribution in [2.24, 2.45) is 17.8 Å². The Hall–Kier alpha value is -2.96. The van der Waals surface area contributed by atoms with E-state index in [0.29, 0.717) is 53.6 Å². The van der Waals surface area contributed by atoms with E-state index in [4.69, 9.17) is 26.3 Å². The van der Waals surface area contributed by atoms with E-state index in [-0.39, 0.29) is 11.4 Å². The molecule has 2 aliphatic carbocycles. The van der Waals surface area contributed by atoms with Gasteiger partial charge in [0.2, 0.25) is 0 Å². The van der Waals surface area contributed by atoms with Crippen LogP contribution in [0.2, 0.25) is 5.02 Å². The van der Waals surface area contributed by atoms with E-state index in [1.54, 1.807) is 0 Å². The fourth-order valence-electron chi connectivity index (χ4n) is 9.53. The lowest BCUT2D eigenvalue weighted by atomic mass is 9.65. The zero-order valence-electron chi connectivity index (χ0n) is 25.2. The molecule has 0 spiro atoms. The number of ether oxygens (including phenoxy) is 1. The Morgan fingerprint density at radius 1 is 1.07 bits per heavy atom. The van der Waals surface area contributed by atoms with Gasteiger partial charge >= 0.3 is 6.01 Å². The van der Waals surface area contributed by atoms with Crippen LogP contribution in [0.4, 0.5) is 5.69 Å². The molecule has 4 fully saturated rings. The van der Waals surface area contributed by atoms with Crippen LogP contribution in [0.3, 0.4) is 0 Å². The summed E-state index contributed by atoms with van der Waals surface area (Å²) >= 11 is 6.70. The van der Waals surface area contributed by atoms with Gasteiger partial charge in [0.05, 0.1) is 21.9 Å². The summed E-state index contributed by atoms with van der Waals surface area (Å²) in [5, 5.41) is 2.59. The molecule has 7 heteroatoms. The van der Waals surface area contributed by atoms with Gasteiger partial charge in [-0.2, -0.15) is 9.97 Å². The molecule has 224 valence electrons. The van der Waals surface area contributed by atoms with E-state index in [0.717, 1.165) is 85.8 Å². The van der Waals surface area contributed by atoms with Gasteiger partial charge in [0.15, 0.2) is 0 Å². The molecule has 2 unspecified atom stereocenters. The lowest BCUT2D eigenvalue weighted by molar-refractivity contribution is 0.0961. The molecule has 3 aromatic rings. The van der Waals surface area contributed by atoms with Crippen LogP contribution >= 0.6 is 11.6 Å². The van der Waals surface area contributed by atoms with Crippen LogP contribution in [0.1, 0.15) is 86.0 Å². The SMILES string of the molecule is C=C1CC2CC(C1)CC(c1nc(OC[C@@]34CCCN3C[C@@H](C)C4)nc3c1CCN(c1cccc4cccc(Cl)c14)C3=O)C2. The van der Waals surface area contributed by atoms with Crippen molar-refractivity contribution < 1.29 is 9.53 Å². The van der Waals surface area contributed by atoms with Crippen molar-refractivity contribution in [1.29, 1.82) is 0 Å². The first-order chi connectivity index (χ1) is 20.9. The number of hydrogen-bond donors (Lipinski definition) is 0. The molecule has 0 radical (unpaired) electrons. The third kappa shape index (κ3) is 4.76. The Kier molecular flexibility index (Phi) is 6.79. The number of aromatic nitrogens is 2. The van der Waals surface area contributed by atoms with Crippen LogP contribution in [-0.4, -0.2) is 52.6 Å². The molecule has 2 saturated heterocycles. The maximum atomic E-state index is 14.4. The topological polar surface area (TPSA) is 58.6 Å². The number of halogens is 1. The summed E-state index contributed by atoms with van der Waals surface area (Å²) in [7, 11) is 0. The zero-order chi connectivity index (χ0) is 29.3. The third-order valence-electron chi connectivity index (χ3n) is 11.1. The monoisotopic (exact) mass is 596 g/mol. The molecule has 0 N–H and O–H groups in total. The van der Waals surface area contributed by atoms with Gasteiger partial charge in [-0.1, -0.05) is 54.9 Å². The van der Waals surface area contributed by atoms with Gasteiger partial charge in [0, 0.05) is 30.0 Å². The van der Waals surface area contributed by atoms with Crippen LogP contribution in [0.5, 0.6) is 6.01 Å². The quantitative estimate of drug-likeness (QED) is 0.284. The number of fused-ring (bicyclic) bond motifs is 5. The van der Waals surface area contributed by atoms with Crippen molar-refractivity contribution in [3.8, 4) is 6.01 Å². The minimum atomic E-state index is -0.0818. The first kappa shape index (κ1) is 27.6. The maximum Gasteiger partial charge on any atom is 0.317 e. The summed E-state index contributed by atoms with van der Waals surface area (Å²) in [6.07, 6.45) is 9.97. The molecule has 8 rings (SSSR count). The first-order valence-corrected chi connectivity index (χ1v) is 16.7. The number of allylic oxidation sites excluding steroid dienone is 1. The highest BCUT2D eigenvalue weighted by atomic mass is 35.5. The highest BCUT2D eigenvalue weighted by molar-refractivity contribution is 6.37. The molecule has 1 aromatic heterocycles. The van der Waals surface area contributed by atoms with Crippen LogP contribution in [-0.2, 0) is 6.42 Å². The first-order valence-electron chi connectivity index (χ1n) is 16.3. The fraction of sp³-hybridized carbons (Fsp3) is 0.528. The smallest absolute Gasteiger partial charge is 0.317 e. The highest BCUT2D eigenvalue weighted by Gasteiger charge is 2.48. The summed E-state index contributed by atoms with van der Waals surface area (Å²) in [6.45, 7) is 10.1. The summed E-state index contributed by atoms with van der Waals surface area (Å²) in [6, 6.07) is 12.3. The third-order valence-corrected chi connectivity index (χ3v) is 11.4.